The number of fused-ring (bicyclic) bond motifs is 1. The molecule has 0 bridgehead atoms. The number of hydrogen-bond donors (Lipinski definition) is 0. The van der Waals surface area contributed by atoms with E-state index in [1.807, 2.05) is 18.2 Å². The van der Waals surface area contributed by atoms with Crippen molar-refractivity contribution >= 4 is 21.5 Å². The van der Waals surface area contributed by atoms with Gasteiger partial charge in [-0.15, -0.1) is 0 Å². The first-order valence-electron chi connectivity index (χ1n) is 5.12. The zero-order chi connectivity index (χ0) is 11.0. The summed E-state index contributed by atoms with van der Waals surface area (Å²) in [6.45, 7) is 0. The molecular formula is C13H9BrN2. The number of halogens is 1. The number of allylic oxidation sites excluding steroid dienone is 1. The molecule has 78 valence electrons. The number of rotatable bonds is 1. The fourth-order valence-electron chi connectivity index (χ4n) is 1.93. The van der Waals surface area contributed by atoms with Crippen LogP contribution in [0, 0.1) is 0 Å². The maximum atomic E-state index is 4.50. The summed E-state index contributed by atoms with van der Waals surface area (Å²) in [5.74, 6) is 0. The minimum absolute atomic E-state index is 0.787. The van der Waals surface area contributed by atoms with Crippen LogP contribution in [-0.4, -0.2) is 9.97 Å². The Balaban J connectivity index is 2.12. The zero-order valence-electron chi connectivity index (χ0n) is 8.52. The molecule has 1 aliphatic carbocycles. The number of nitrogens with zero attached hydrogens (tertiary/aromatic N) is 2. The molecule has 2 aromatic rings. The lowest BCUT2D eigenvalue weighted by molar-refractivity contribution is 1.05. The maximum Gasteiger partial charge on any atom is 0.125 e. The van der Waals surface area contributed by atoms with Crippen LogP contribution >= 0.6 is 15.9 Å². The first kappa shape index (κ1) is 9.73. The minimum atomic E-state index is 0.787. The van der Waals surface area contributed by atoms with E-state index < -0.39 is 0 Å². The van der Waals surface area contributed by atoms with E-state index >= 15 is 0 Å². The van der Waals surface area contributed by atoms with Gasteiger partial charge in [0, 0.05) is 12.0 Å². The molecule has 0 fully saturated rings. The number of hydrogen-bond acceptors (Lipinski definition) is 2. The van der Waals surface area contributed by atoms with Crippen molar-refractivity contribution in [2.24, 2.45) is 0 Å². The van der Waals surface area contributed by atoms with Gasteiger partial charge in [-0.25, -0.2) is 4.98 Å². The molecule has 1 aromatic carbocycles. The quantitative estimate of drug-likeness (QED) is 0.797. The molecule has 16 heavy (non-hydrogen) atoms. The van der Waals surface area contributed by atoms with Crippen LogP contribution in [0.1, 0.15) is 17.0 Å². The number of aromatic nitrogens is 2. The molecular weight excluding hydrogens is 264 g/mol. The molecule has 0 saturated heterocycles. The molecule has 1 aromatic heterocycles. The Labute approximate surface area is 102 Å². The minimum Gasteiger partial charge on any atom is -0.256 e. The summed E-state index contributed by atoms with van der Waals surface area (Å²) >= 11 is 3.36. The predicted octanol–water partition coefficient (Wildman–Crippen LogP) is 3.23. The van der Waals surface area contributed by atoms with E-state index in [0.29, 0.717) is 0 Å². The van der Waals surface area contributed by atoms with Crippen LogP contribution in [0.4, 0.5) is 0 Å². The predicted molar refractivity (Wildman–Crippen MR) is 67.0 cm³/mol. The van der Waals surface area contributed by atoms with Crippen LogP contribution in [-0.2, 0) is 6.42 Å². The van der Waals surface area contributed by atoms with Crippen LogP contribution in [0.5, 0.6) is 0 Å². The van der Waals surface area contributed by atoms with Crippen molar-refractivity contribution in [1.29, 1.82) is 0 Å². The lowest BCUT2D eigenvalue weighted by Crippen LogP contribution is -1.95. The van der Waals surface area contributed by atoms with Gasteiger partial charge in [0.15, 0.2) is 0 Å². The summed E-state index contributed by atoms with van der Waals surface area (Å²) < 4.78 is 0.787. The van der Waals surface area contributed by atoms with Gasteiger partial charge < -0.3 is 0 Å². The molecule has 3 rings (SSSR count). The van der Waals surface area contributed by atoms with Gasteiger partial charge in [0.25, 0.3) is 0 Å². The molecule has 3 heteroatoms. The maximum absolute atomic E-state index is 4.50. The van der Waals surface area contributed by atoms with Crippen molar-refractivity contribution in [1.82, 2.24) is 9.97 Å². The third-order valence-electron chi connectivity index (χ3n) is 2.66. The van der Waals surface area contributed by atoms with E-state index in [0.717, 1.165) is 22.4 Å². The smallest absolute Gasteiger partial charge is 0.125 e. The fourth-order valence-corrected chi connectivity index (χ4v) is 2.20. The van der Waals surface area contributed by atoms with Crippen molar-refractivity contribution < 1.29 is 0 Å². The second kappa shape index (κ2) is 3.83. The van der Waals surface area contributed by atoms with E-state index in [1.165, 1.54) is 11.1 Å². The Morgan fingerprint density at radius 1 is 1.12 bits per heavy atom. The van der Waals surface area contributed by atoms with Gasteiger partial charge in [-0.1, -0.05) is 36.4 Å². The highest BCUT2D eigenvalue weighted by molar-refractivity contribution is 9.10. The molecule has 0 amide bonds. The lowest BCUT2D eigenvalue weighted by atomic mass is 10.1. The monoisotopic (exact) mass is 272 g/mol. The largest absolute Gasteiger partial charge is 0.256 e. The average Bonchev–Trinajstić information content (AvgIpc) is 2.73. The topological polar surface area (TPSA) is 25.8 Å². The summed E-state index contributed by atoms with van der Waals surface area (Å²) in [7, 11) is 0. The molecule has 0 spiro atoms. The SMILES string of the molecule is Brc1cnc2c(n1)C(c1ccccc1)=CC2. The van der Waals surface area contributed by atoms with Crippen LogP contribution in [0.3, 0.4) is 0 Å². The van der Waals surface area contributed by atoms with Crippen LogP contribution < -0.4 is 0 Å². The highest BCUT2D eigenvalue weighted by atomic mass is 79.9. The van der Waals surface area contributed by atoms with Crippen LogP contribution in [0.2, 0.25) is 0 Å². The van der Waals surface area contributed by atoms with Gasteiger partial charge in [-0.3, -0.25) is 4.98 Å². The highest BCUT2D eigenvalue weighted by Gasteiger charge is 2.18. The third kappa shape index (κ3) is 1.57. The van der Waals surface area contributed by atoms with Gasteiger partial charge in [0.1, 0.15) is 4.60 Å². The van der Waals surface area contributed by atoms with E-state index in [1.54, 1.807) is 6.20 Å². The summed E-state index contributed by atoms with van der Waals surface area (Å²) in [5.41, 5.74) is 4.45. The average molecular weight is 273 g/mol. The van der Waals surface area contributed by atoms with Crippen molar-refractivity contribution in [3.8, 4) is 0 Å². The van der Waals surface area contributed by atoms with Crippen molar-refractivity contribution in [2.75, 3.05) is 0 Å². The van der Waals surface area contributed by atoms with Gasteiger partial charge in [0.05, 0.1) is 17.6 Å². The van der Waals surface area contributed by atoms with Gasteiger partial charge in [-0.05, 0) is 21.5 Å². The fraction of sp³-hybridized carbons (Fsp3) is 0.0769. The van der Waals surface area contributed by atoms with Gasteiger partial charge in [0.2, 0.25) is 0 Å². The first-order chi connectivity index (χ1) is 7.84. The molecule has 1 heterocycles. The standard InChI is InChI=1S/C13H9BrN2/c14-12-8-15-11-7-6-10(13(11)16-12)9-4-2-1-3-5-9/h1-6,8H,7H2. The molecule has 1 aliphatic rings. The second-order valence-corrected chi connectivity index (χ2v) is 4.49. The summed E-state index contributed by atoms with van der Waals surface area (Å²) in [4.78, 5) is 8.87. The van der Waals surface area contributed by atoms with E-state index in [4.69, 9.17) is 0 Å². The molecule has 0 aliphatic heterocycles. The summed E-state index contributed by atoms with van der Waals surface area (Å²) in [5, 5.41) is 0. The van der Waals surface area contributed by atoms with Crippen molar-refractivity contribution in [3.05, 3.63) is 64.2 Å². The molecule has 0 unspecified atom stereocenters. The Morgan fingerprint density at radius 3 is 2.75 bits per heavy atom. The zero-order valence-corrected chi connectivity index (χ0v) is 10.1. The Bertz CT molecular complexity index is 561. The molecule has 0 atom stereocenters. The van der Waals surface area contributed by atoms with Crippen LogP contribution in [0.25, 0.3) is 5.57 Å². The van der Waals surface area contributed by atoms with E-state index in [-0.39, 0.29) is 0 Å². The van der Waals surface area contributed by atoms with Crippen molar-refractivity contribution in [3.63, 3.8) is 0 Å². The normalized spacial score (nSPS) is 13.4. The Morgan fingerprint density at radius 2 is 1.94 bits per heavy atom. The molecule has 2 nitrogen and oxygen atoms in total. The number of benzene rings is 1. The molecule has 0 radical (unpaired) electrons. The molecule has 0 saturated carbocycles. The van der Waals surface area contributed by atoms with E-state index in [2.05, 4.69) is 44.1 Å². The van der Waals surface area contributed by atoms with Gasteiger partial charge >= 0.3 is 0 Å². The summed E-state index contributed by atoms with van der Waals surface area (Å²) in [6.07, 6.45) is 4.81. The second-order valence-electron chi connectivity index (χ2n) is 3.68. The van der Waals surface area contributed by atoms with Crippen molar-refractivity contribution in [2.45, 2.75) is 6.42 Å². The third-order valence-corrected chi connectivity index (χ3v) is 3.04. The van der Waals surface area contributed by atoms with Gasteiger partial charge in [-0.2, -0.15) is 0 Å². The highest BCUT2D eigenvalue weighted by Crippen LogP contribution is 2.30. The molecule has 0 N–H and O–H groups in total. The summed E-state index contributed by atoms with van der Waals surface area (Å²) in [6, 6.07) is 10.3. The Kier molecular flexibility index (Phi) is 2.33. The van der Waals surface area contributed by atoms with Crippen LogP contribution in [0.15, 0.2) is 47.2 Å². The van der Waals surface area contributed by atoms with E-state index in [9.17, 15) is 0 Å². The lowest BCUT2D eigenvalue weighted by Gasteiger charge is -2.04. The first-order valence-corrected chi connectivity index (χ1v) is 5.91. The Hall–Kier alpha value is -1.48.